The largest absolute Gasteiger partial charge is 0.480 e. The van der Waals surface area contributed by atoms with Crippen molar-refractivity contribution < 1.29 is 14.7 Å². The van der Waals surface area contributed by atoms with Crippen molar-refractivity contribution in [3.8, 4) is 0 Å². The third kappa shape index (κ3) is 3.85. The Kier molecular flexibility index (Phi) is 5.02. The minimum absolute atomic E-state index is 0.266. The van der Waals surface area contributed by atoms with E-state index in [-0.39, 0.29) is 18.1 Å². The highest BCUT2D eigenvalue weighted by Crippen LogP contribution is 2.20. The number of likely N-dealkylation sites (N-methyl/N-ethyl adjacent to an activating group) is 1. The normalized spacial score (nSPS) is 26.2. The monoisotopic (exact) mass is 285 g/mol. The summed E-state index contributed by atoms with van der Waals surface area (Å²) in [4.78, 5) is 27.5. The first kappa shape index (κ1) is 16.8. The number of urea groups is 1. The zero-order valence-corrected chi connectivity index (χ0v) is 13.3. The number of nitrogens with zero attached hydrogens (tertiary/aromatic N) is 2. The number of carbonyl (C=O) groups is 2. The molecule has 0 aliphatic carbocycles. The lowest BCUT2D eigenvalue weighted by atomic mass is 9.87. The number of nitrogens with one attached hydrogen (secondary N) is 1. The number of carboxylic acid groups (broad SMARTS) is 1. The maximum atomic E-state index is 12.3. The van der Waals surface area contributed by atoms with Gasteiger partial charge in [0.15, 0.2) is 0 Å². The molecule has 0 spiro atoms. The summed E-state index contributed by atoms with van der Waals surface area (Å²) in [6.45, 7) is 10.8. The van der Waals surface area contributed by atoms with Gasteiger partial charge in [0.1, 0.15) is 6.04 Å². The maximum absolute atomic E-state index is 12.3. The van der Waals surface area contributed by atoms with Gasteiger partial charge in [-0.2, -0.15) is 0 Å². The van der Waals surface area contributed by atoms with E-state index >= 15 is 0 Å². The average Bonchev–Trinajstić information content (AvgIpc) is 2.30. The Morgan fingerprint density at radius 3 is 2.00 bits per heavy atom. The molecule has 1 heterocycles. The molecule has 6 nitrogen and oxygen atoms in total. The van der Waals surface area contributed by atoms with Crippen molar-refractivity contribution in [1.82, 2.24) is 15.1 Å². The van der Waals surface area contributed by atoms with E-state index in [1.54, 1.807) is 25.7 Å². The predicted molar refractivity (Wildman–Crippen MR) is 77.7 cm³/mol. The molecule has 2 N–H and O–H groups in total. The summed E-state index contributed by atoms with van der Waals surface area (Å²) in [6.07, 6.45) is 0. The van der Waals surface area contributed by atoms with E-state index in [1.165, 1.54) is 0 Å². The van der Waals surface area contributed by atoms with Crippen molar-refractivity contribution in [2.24, 2.45) is 5.41 Å². The number of hydrogen-bond acceptors (Lipinski definition) is 3. The molecule has 2 amide bonds. The molecule has 0 aromatic rings. The van der Waals surface area contributed by atoms with Gasteiger partial charge in [-0.15, -0.1) is 0 Å². The van der Waals surface area contributed by atoms with Gasteiger partial charge in [0.2, 0.25) is 0 Å². The summed E-state index contributed by atoms with van der Waals surface area (Å²) in [5.41, 5.74) is -0.523. The average molecular weight is 285 g/mol. The highest BCUT2D eigenvalue weighted by Gasteiger charge is 2.36. The van der Waals surface area contributed by atoms with Crippen molar-refractivity contribution in [2.45, 2.75) is 52.7 Å². The van der Waals surface area contributed by atoms with Gasteiger partial charge >= 0.3 is 12.0 Å². The standard InChI is InChI=1S/C14H27N3O3/c1-9-7-17(8-10(2)16(9)6)13(20)15-11(12(18)19)14(3,4)5/h9-11H,7-8H2,1-6H3,(H,15,20)(H,18,19). The Hall–Kier alpha value is -1.30. The molecule has 0 bridgehead atoms. The van der Waals surface area contributed by atoms with Crippen LogP contribution in [0.15, 0.2) is 0 Å². The second-order valence-corrected chi connectivity index (χ2v) is 6.86. The number of carboxylic acids is 1. The van der Waals surface area contributed by atoms with Crippen molar-refractivity contribution >= 4 is 12.0 Å². The highest BCUT2D eigenvalue weighted by molar-refractivity contribution is 5.83. The fourth-order valence-electron chi connectivity index (χ4n) is 2.43. The van der Waals surface area contributed by atoms with Gasteiger partial charge < -0.3 is 15.3 Å². The minimum atomic E-state index is -0.999. The van der Waals surface area contributed by atoms with Gasteiger partial charge in [0.25, 0.3) is 0 Å². The van der Waals surface area contributed by atoms with Crippen LogP contribution in [0.25, 0.3) is 0 Å². The summed E-state index contributed by atoms with van der Waals surface area (Å²) in [6, 6.07) is -0.649. The van der Waals surface area contributed by atoms with Gasteiger partial charge in [-0.05, 0) is 26.3 Å². The SMILES string of the molecule is CC1CN(C(=O)NC(C(=O)O)C(C)(C)C)CC(C)N1C. The molecular weight excluding hydrogens is 258 g/mol. The third-order valence-electron chi connectivity index (χ3n) is 4.03. The van der Waals surface area contributed by atoms with Crippen LogP contribution in [0.2, 0.25) is 0 Å². The Balaban J connectivity index is 2.73. The molecule has 0 aromatic heterocycles. The number of piperazine rings is 1. The lowest BCUT2D eigenvalue weighted by Crippen LogP contribution is -2.61. The van der Waals surface area contributed by atoms with Crippen LogP contribution in [0.5, 0.6) is 0 Å². The Labute approximate surface area is 121 Å². The summed E-state index contributed by atoms with van der Waals surface area (Å²) in [5, 5.41) is 11.9. The van der Waals surface area contributed by atoms with Crippen LogP contribution in [0.4, 0.5) is 4.79 Å². The number of hydrogen-bond donors (Lipinski definition) is 2. The first-order valence-electron chi connectivity index (χ1n) is 7.04. The van der Waals surface area contributed by atoms with E-state index in [4.69, 9.17) is 0 Å². The van der Waals surface area contributed by atoms with Crippen molar-refractivity contribution in [3.63, 3.8) is 0 Å². The van der Waals surface area contributed by atoms with Gasteiger partial charge in [0.05, 0.1) is 0 Å². The van der Waals surface area contributed by atoms with Gasteiger partial charge in [0, 0.05) is 25.2 Å². The van der Waals surface area contributed by atoms with Crippen LogP contribution in [0, 0.1) is 5.41 Å². The van der Waals surface area contributed by atoms with E-state index in [0.717, 1.165) is 0 Å². The lowest BCUT2D eigenvalue weighted by molar-refractivity contribution is -0.142. The van der Waals surface area contributed by atoms with Crippen LogP contribution < -0.4 is 5.32 Å². The number of aliphatic carboxylic acids is 1. The smallest absolute Gasteiger partial charge is 0.326 e. The van der Waals surface area contributed by atoms with Crippen LogP contribution >= 0.6 is 0 Å². The van der Waals surface area contributed by atoms with E-state index in [9.17, 15) is 14.7 Å². The number of amides is 2. The summed E-state index contributed by atoms with van der Waals surface area (Å²) < 4.78 is 0. The van der Waals surface area contributed by atoms with Crippen LogP contribution in [0.1, 0.15) is 34.6 Å². The topological polar surface area (TPSA) is 72.9 Å². The molecule has 6 heteroatoms. The summed E-state index contributed by atoms with van der Waals surface area (Å²) >= 11 is 0. The zero-order valence-electron chi connectivity index (χ0n) is 13.3. The zero-order chi connectivity index (χ0) is 15.7. The molecule has 3 atom stereocenters. The van der Waals surface area contributed by atoms with Crippen LogP contribution in [0.3, 0.4) is 0 Å². The first-order valence-corrected chi connectivity index (χ1v) is 7.04. The lowest BCUT2D eigenvalue weighted by Gasteiger charge is -2.43. The third-order valence-corrected chi connectivity index (χ3v) is 4.03. The molecule has 20 heavy (non-hydrogen) atoms. The first-order chi connectivity index (χ1) is 9.04. The quantitative estimate of drug-likeness (QED) is 0.800. The second-order valence-electron chi connectivity index (χ2n) is 6.86. The number of carbonyl (C=O) groups excluding carboxylic acids is 1. The van der Waals surface area contributed by atoms with Crippen molar-refractivity contribution in [2.75, 3.05) is 20.1 Å². The summed E-state index contributed by atoms with van der Waals surface area (Å²) in [7, 11) is 2.04. The molecule has 1 saturated heterocycles. The van der Waals surface area contributed by atoms with E-state index in [2.05, 4.69) is 24.1 Å². The fraction of sp³-hybridized carbons (Fsp3) is 0.857. The van der Waals surface area contributed by atoms with Gasteiger partial charge in [-0.1, -0.05) is 20.8 Å². The molecule has 1 rings (SSSR count). The Morgan fingerprint density at radius 2 is 1.65 bits per heavy atom. The Morgan fingerprint density at radius 1 is 1.20 bits per heavy atom. The number of rotatable bonds is 2. The molecule has 1 aliphatic heterocycles. The second kappa shape index (κ2) is 5.99. The fourth-order valence-corrected chi connectivity index (χ4v) is 2.43. The van der Waals surface area contributed by atoms with Gasteiger partial charge in [-0.25, -0.2) is 9.59 Å². The van der Waals surface area contributed by atoms with E-state index in [0.29, 0.717) is 13.1 Å². The van der Waals surface area contributed by atoms with Crippen LogP contribution in [-0.4, -0.2) is 65.2 Å². The molecule has 0 radical (unpaired) electrons. The van der Waals surface area contributed by atoms with E-state index < -0.39 is 17.4 Å². The van der Waals surface area contributed by atoms with Crippen molar-refractivity contribution in [3.05, 3.63) is 0 Å². The minimum Gasteiger partial charge on any atom is -0.480 e. The van der Waals surface area contributed by atoms with Crippen LogP contribution in [-0.2, 0) is 4.79 Å². The molecule has 116 valence electrons. The molecule has 1 fully saturated rings. The maximum Gasteiger partial charge on any atom is 0.326 e. The molecule has 0 saturated carbocycles. The predicted octanol–water partition coefficient (Wildman–Crippen LogP) is 1.22. The summed E-state index contributed by atoms with van der Waals surface area (Å²) in [5.74, 6) is -0.999. The van der Waals surface area contributed by atoms with Gasteiger partial charge in [-0.3, -0.25) is 4.90 Å². The molecule has 0 aromatic carbocycles. The Bertz CT molecular complexity index is 366. The van der Waals surface area contributed by atoms with E-state index in [1.807, 2.05) is 7.05 Å². The molecule has 3 unspecified atom stereocenters. The molecule has 1 aliphatic rings. The van der Waals surface area contributed by atoms with Crippen molar-refractivity contribution in [1.29, 1.82) is 0 Å². The molecular formula is C14H27N3O3. The highest BCUT2D eigenvalue weighted by atomic mass is 16.4.